The fraction of sp³-hybridized carbons (Fsp3) is 0.111. The van der Waals surface area contributed by atoms with Crippen LogP contribution in [0.4, 0.5) is 11.4 Å². The van der Waals surface area contributed by atoms with Crippen molar-refractivity contribution in [2.45, 2.75) is 6.92 Å². The number of hydrogen-bond donors (Lipinski definition) is 0. The second-order valence-corrected chi connectivity index (χ2v) is 4.58. The van der Waals surface area contributed by atoms with Crippen LogP contribution in [0.25, 0.3) is 10.8 Å². The molecule has 0 heterocycles. The van der Waals surface area contributed by atoms with Gasteiger partial charge in [0.15, 0.2) is 0 Å². The largest absolute Gasteiger partial charge is 0.341 e. The Hall–Kier alpha value is -2.28. The van der Waals surface area contributed by atoms with E-state index >= 15 is 0 Å². The fourth-order valence-electron chi connectivity index (χ4n) is 2.54. The smallest absolute Gasteiger partial charge is 0.0490 e. The van der Waals surface area contributed by atoms with E-state index in [4.69, 9.17) is 0 Å². The highest BCUT2D eigenvalue weighted by Gasteiger charge is 2.09. The van der Waals surface area contributed by atoms with Gasteiger partial charge >= 0.3 is 0 Å². The highest BCUT2D eigenvalue weighted by molar-refractivity contribution is 5.96. The Kier molecular flexibility index (Phi) is 3.20. The van der Waals surface area contributed by atoms with E-state index in [2.05, 4.69) is 84.6 Å². The van der Waals surface area contributed by atoms with Crippen molar-refractivity contribution >= 4 is 22.1 Å². The van der Waals surface area contributed by atoms with Crippen LogP contribution in [0, 0.1) is 0 Å². The van der Waals surface area contributed by atoms with E-state index in [0.29, 0.717) is 0 Å². The van der Waals surface area contributed by atoms with Crippen molar-refractivity contribution in [1.29, 1.82) is 0 Å². The summed E-state index contributed by atoms with van der Waals surface area (Å²) in [4.78, 5) is 2.35. The van der Waals surface area contributed by atoms with E-state index in [1.165, 1.54) is 22.1 Å². The molecule has 0 fully saturated rings. The molecule has 1 nitrogen and oxygen atoms in total. The van der Waals surface area contributed by atoms with Gasteiger partial charge in [-0.15, -0.1) is 0 Å². The van der Waals surface area contributed by atoms with Gasteiger partial charge < -0.3 is 4.90 Å². The maximum Gasteiger partial charge on any atom is 0.0490 e. The topological polar surface area (TPSA) is 3.24 Å². The lowest BCUT2D eigenvalue weighted by Gasteiger charge is -2.24. The second-order valence-electron chi connectivity index (χ2n) is 4.58. The van der Waals surface area contributed by atoms with Crippen molar-refractivity contribution in [3.63, 3.8) is 0 Å². The zero-order chi connectivity index (χ0) is 13.1. The molecule has 3 rings (SSSR count). The highest BCUT2D eigenvalue weighted by atomic mass is 15.1. The molecule has 0 atom stereocenters. The van der Waals surface area contributed by atoms with Crippen molar-refractivity contribution in [1.82, 2.24) is 0 Å². The zero-order valence-electron chi connectivity index (χ0n) is 11.1. The van der Waals surface area contributed by atoms with Gasteiger partial charge in [-0.1, -0.05) is 54.6 Å². The van der Waals surface area contributed by atoms with Gasteiger partial charge in [-0.2, -0.15) is 0 Å². The molecule has 0 aliphatic heterocycles. The second kappa shape index (κ2) is 5.15. The lowest BCUT2D eigenvalue weighted by molar-refractivity contribution is 1.03. The summed E-state index contributed by atoms with van der Waals surface area (Å²) in [5, 5.41) is 2.59. The summed E-state index contributed by atoms with van der Waals surface area (Å²) >= 11 is 0. The molecule has 0 aliphatic rings. The van der Waals surface area contributed by atoms with E-state index in [9.17, 15) is 0 Å². The Balaban J connectivity index is 2.17. The summed E-state index contributed by atoms with van der Waals surface area (Å²) < 4.78 is 0. The fourth-order valence-corrected chi connectivity index (χ4v) is 2.54. The third-order valence-corrected chi connectivity index (χ3v) is 3.44. The molecule has 3 aromatic carbocycles. The van der Waals surface area contributed by atoms with Crippen LogP contribution in [0.2, 0.25) is 0 Å². The van der Waals surface area contributed by atoms with Crippen molar-refractivity contribution in [3.8, 4) is 0 Å². The lowest BCUT2D eigenvalue weighted by atomic mass is 10.1. The molecular formula is C18H17N. The Labute approximate surface area is 114 Å². The van der Waals surface area contributed by atoms with Crippen molar-refractivity contribution in [2.75, 3.05) is 11.4 Å². The van der Waals surface area contributed by atoms with Crippen LogP contribution < -0.4 is 4.90 Å². The van der Waals surface area contributed by atoms with Gasteiger partial charge in [0.05, 0.1) is 0 Å². The van der Waals surface area contributed by atoms with Gasteiger partial charge in [0.25, 0.3) is 0 Å². The van der Waals surface area contributed by atoms with Crippen LogP contribution in [0.15, 0.2) is 72.8 Å². The normalized spacial score (nSPS) is 10.6. The zero-order valence-corrected chi connectivity index (χ0v) is 11.1. The SMILES string of the molecule is CCN(c1ccccc1)c1cccc2ccccc12. The molecule has 3 aromatic rings. The first kappa shape index (κ1) is 11.8. The summed E-state index contributed by atoms with van der Waals surface area (Å²) in [5.74, 6) is 0. The first-order chi connectivity index (χ1) is 9.40. The van der Waals surface area contributed by atoms with E-state index in [1.807, 2.05) is 0 Å². The van der Waals surface area contributed by atoms with Crippen molar-refractivity contribution in [2.24, 2.45) is 0 Å². The summed E-state index contributed by atoms with van der Waals surface area (Å²) in [6.07, 6.45) is 0. The standard InChI is InChI=1S/C18H17N/c1-2-19(16-11-4-3-5-12-16)18-14-8-10-15-9-6-7-13-17(15)18/h3-14H,2H2,1H3. The Morgan fingerprint density at radius 2 is 1.42 bits per heavy atom. The molecule has 0 amide bonds. The molecule has 0 unspecified atom stereocenters. The van der Waals surface area contributed by atoms with Crippen LogP contribution in [-0.2, 0) is 0 Å². The summed E-state index contributed by atoms with van der Waals surface area (Å²) in [6, 6.07) is 25.6. The number of rotatable bonds is 3. The number of benzene rings is 3. The number of fused-ring (bicyclic) bond motifs is 1. The molecule has 0 radical (unpaired) electrons. The van der Waals surface area contributed by atoms with Crippen LogP contribution in [-0.4, -0.2) is 6.54 Å². The minimum absolute atomic E-state index is 0.956. The van der Waals surface area contributed by atoms with Crippen LogP contribution in [0.1, 0.15) is 6.92 Å². The van der Waals surface area contributed by atoms with Gasteiger partial charge in [-0.25, -0.2) is 0 Å². The molecule has 0 saturated carbocycles. The summed E-state index contributed by atoms with van der Waals surface area (Å²) in [7, 11) is 0. The molecule has 19 heavy (non-hydrogen) atoms. The van der Waals surface area contributed by atoms with Gasteiger partial charge in [-0.3, -0.25) is 0 Å². The number of hydrogen-bond acceptors (Lipinski definition) is 1. The molecule has 0 N–H and O–H groups in total. The molecular weight excluding hydrogens is 230 g/mol. The maximum atomic E-state index is 2.35. The molecule has 1 heteroatoms. The lowest BCUT2D eigenvalue weighted by Crippen LogP contribution is -2.16. The Bertz CT molecular complexity index is 668. The van der Waals surface area contributed by atoms with Crippen LogP contribution in [0.5, 0.6) is 0 Å². The van der Waals surface area contributed by atoms with Gasteiger partial charge in [-0.05, 0) is 30.5 Å². The average Bonchev–Trinajstić information content (AvgIpc) is 2.49. The average molecular weight is 247 g/mol. The third kappa shape index (κ3) is 2.19. The van der Waals surface area contributed by atoms with Crippen molar-refractivity contribution in [3.05, 3.63) is 72.8 Å². The predicted octanol–water partition coefficient (Wildman–Crippen LogP) is 5.00. The van der Waals surface area contributed by atoms with Gasteiger partial charge in [0.1, 0.15) is 0 Å². The molecule has 0 saturated heterocycles. The quantitative estimate of drug-likeness (QED) is 0.629. The van der Waals surface area contributed by atoms with E-state index < -0.39 is 0 Å². The third-order valence-electron chi connectivity index (χ3n) is 3.44. The number of para-hydroxylation sites is 1. The first-order valence-corrected chi connectivity index (χ1v) is 6.70. The minimum atomic E-state index is 0.956. The summed E-state index contributed by atoms with van der Waals surface area (Å²) in [6.45, 7) is 3.15. The molecule has 0 spiro atoms. The van der Waals surface area contributed by atoms with E-state index in [-0.39, 0.29) is 0 Å². The number of anilines is 2. The Morgan fingerprint density at radius 1 is 0.737 bits per heavy atom. The van der Waals surface area contributed by atoms with Gasteiger partial charge in [0.2, 0.25) is 0 Å². The van der Waals surface area contributed by atoms with Crippen molar-refractivity contribution < 1.29 is 0 Å². The van der Waals surface area contributed by atoms with Crippen LogP contribution in [0.3, 0.4) is 0 Å². The van der Waals surface area contributed by atoms with Crippen LogP contribution >= 0.6 is 0 Å². The van der Waals surface area contributed by atoms with Gasteiger partial charge in [0, 0.05) is 23.3 Å². The molecule has 0 aromatic heterocycles. The number of nitrogens with zero attached hydrogens (tertiary/aromatic N) is 1. The van der Waals surface area contributed by atoms with E-state index in [0.717, 1.165) is 6.54 Å². The predicted molar refractivity (Wildman–Crippen MR) is 83.1 cm³/mol. The minimum Gasteiger partial charge on any atom is -0.341 e. The molecule has 0 bridgehead atoms. The first-order valence-electron chi connectivity index (χ1n) is 6.70. The molecule has 0 aliphatic carbocycles. The molecule has 94 valence electrons. The monoisotopic (exact) mass is 247 g/mol. The van der Waals surface area contributed by atoms with E-state index in [1.54, 1.807) is 0 Å². The maximum absolute atomic E-state index is 2.35. The highest BCUT2D eigenvalue weighted by Crippen LogP contribution is 2.31. The summed E-state index contributed by atoms with van der Waals surface area (Å²) in [5.41, 5.74) is 2.51. The Morgan fingerprint density at radius 3 is 2.21 bits per heavy atom.